The van der Waals surface area contributed by atoms with Crippen molar-refractivity contribution >= 4 is 23.3 Å². The van der Waals surface area contributed by atoms with E-state index in [1.807, 2.05) is 30.9 Å². The molecule has 1 aliphatic heterocycles. The van der Waals surface area contributed by atoms with Crippen molar-refractivity contribution in [3.05, 3.63) is 42.5 Å². The van der Waals surface area contributed by atoms with Crippen molar-refractivity contribution in [1.29, 1.82) is 0 Å². The molecule has 24 heavy (non-hydrogen) atoms. The number of carbonyl (C=O) groups excluding carboxylic acids is 1. The summed E-state index contributed by atoms with van der Waals surface area (Å²) in [5.74, 6) is 0.962. The summed E-state index contributed by atoms with van der Waals surface area (Å²) in [5, 5.41) is 3.25. The highest BCUT2D eigenvalue weighted by atomic mass is 16.2. The number of likely N-dealkylation sites (tertiary alicyclic amines) is 1. The molecule has 1 heterocycles. The summed E-state index contributed by atoms with van der Waals surface area (Å²) in [4.78, 5) is 22.3. The second kappa shape index (κ2) is 8.43. The quantitative estimate of drug-likeness (QED) is 0.525. The van der Waals surface area contributed by atoms with Crippen molar-refractivity contribution in [3.8, 4) is 0 Å². The van der Waals surface area contributed by atoms with Crippen molar-refractivity contribution in [2.24, 2.45) is 9.98 Å². The van der Waals surface area contributed by atoms with E-state index in [0.29, 0.717) is 11.9 Å². The first-order valence-electron chi connectivity index (χ1n) is 8.30. The topological polar surface area (TPSA) is 57.1 Å². The van der Waals surface area contributed by atoms with Crippen LogP contribution in [-0.4, -0.2) is 42.6 Å². The zero-order valence-electron chi connectivity index (χ0n) is 14.7. The van der Waals surface area contributed by atoms with Crippen LogP contribution in [0.2, 0.25) is 0 Å². The molecule has 1 saturated heterocycles. The summed E-state index contributed by atoms with van der Waals surface area (Å²) in [6.45, 7) is 9.03. The Hall–Kier alpha value is -2.43. The van der Waals surface area contributed by atoms with Crippen LogP contribution in [-0.2, 0) is 4.79 Å². The highest BCUT2D eigenvalue weighted by Crippen LogP contribution is 2.28. The third-order valence-corrected chi connectivity index (χ3v) is 4.06. The number of nitrogens with zero attached hydrogens (tertiary/aromatic N) is 3. The summed E-state index contributed by atoms with van der Waals surface area (Å²) in [6, 6.07) is 8.28. The normalized spacial score (nSPS) is 18.0. The molecule has 1 aromatic rings. The Morgan fingerprint density at radius 2 is 2.21 bits per heavy atom. The molecule has 0 aromatic heterocycles. The lowest BCUT2D eigenvalue weighted by Crippen LogP contribution is -2.38. The molecule has 5 nitrogen and oxygen atoms in total. The van der Waals surface area contributed by atoms with E-state index < -0.39 is 0 Å². The molecule has 1 atom stereocenters. The van der Waals surface area contributed by atoms with Crippen LogP contribution in [0.25, 0.3) is 0 Å². The van der Waals surface area contributed by atoms with E-state index in [0.717, 1.165) is 37.3 Å². The maximum atomic E-state index is 11.9. The number of hydrogen-bond donors (Lipinski definition) is 1. The Morgan fingerprint density at radius 3 is 2.88 bits per heavy atom. The van der Waals surface area contributed by atoms with Crippen LogP contribution in [0.1, 0.15) is 38.2 Å². The maximum Gasteiger partial charge on any atom is 0.245 e. The maximum absolute atomic E-state index is 11.9. The summed E-state index contributed by atoms with van der Waals surface area (Å²) < 4.78 is 0. The van der Waals surface area contributed by atoms with E-state index in [2.05, 4.69) is 34.0 Å². The molecule has 1 aromatic carbocycles. The van der Waals surface area contributed by atoms with Gasteiger partial charge in [0.1, 0.15) is 0 Å². The third-order valence-electron chi connectivity index (χ3n) is 4.06. The number of rotatable bonds is 3. The smallest absolute Gasteiger partial charge is 0.245 e. The van der Waals surface area contributed by atoms with Crippen LogP contribution in [0.4, 0.5) is 5.69 Å². The van der Waals surface area contributed by atoms with Crippen molar-refractivity contribution in [1.82, 2.24) is 4.90 Å². The molecule has 1 unspecified atom stereocenters. The number of guanidine groups is 1. The molecule has 1 amide bonds. The molecule has 128 valence electrons. The van der Waals surface area contributed by atoms with Crippen molar-refractivity contribution in [2.45, 2.75) is 32.6 Å². The Kier molecular flexibility index (Phi) is 6.29. The predicted octanol–water partition coefficient (Wildman–Crippen LogP) is 3.46. The average molecular weight is 326 g/mol. The minimum Gasteiger partial charge on any atom is -0.339 e. The third kappa shape index (κ3) is 4.78. The molecule has 0 bridgehead atoms. The molecule has 0 radical (unpaired) electrons. The zero-order chi connectivity index (χ0) is 17.5. The van der Waals surface area contributed by atoms with Crippen molar-refractivity contribution in [3.63, 3.8) is 0 Å². The molecular formula is C19H26N4O. The number of nitrogens with one attached hydrogen (secondary N) is 1. The summed E-state index contributed by atoms with van der Waals surface area (Å²) in [6.07, 6.45) is 3.50. The fraction of sp³-hybridized carbons (Fsp3) is 0.421. The van der Waals surface area contributed by atoms with Gasteiger partial charge in [-0.1, -0.05) is 18.7 Å². The van der Waals surface area contributed by atoms with Gasteiger partial charge < -0.3 is 10.2 Å². The number of piperidine rings is 1. The number of aliphatic imine (C=N–C) groups is 2. The standard InChI is InChI=1S/C19H26N4O/c1-5-18(24)23-11-7-9-16(13-23)15-8-6-10-17(12-15)22-19(20-4)21-14(2)3/h5-6,8,10,12,16H,1,7,9,11,13H2,2-4H3,(H,20,22). The summed E-state index contributed by atoms with van der Waals surface area (Å²) >= 11 is 0. The number of amides is 1. The van der Waals surface area contributed by atoms with E-state index in [1.165, 1.54) is 11.6 Å². The van der Waals surface area contributed by atoms with Gasteiger partial charge in [-0.2, -0.15) is 0 Å². The van der Waals surface area contributed by atoms with Crippen LogP contribution in [0.15, 0.2) is 46.9 Å². The molecule has 0 saturated carbocycles. The minimum absolute atomic E-state index is 0.0159. The van der Waals surface area contributed by atoms with E-state index >= 15 is 0 Å². The summed E-state index contributed by atoms with van der Waals surface area (Å²) in [5.41, 5.74) is 3.14. The van der Waals surface area contributed by atoms with Gasteiger partial charge in [-0.15, -0.1) is 0 Å². The number of anilines is 1. The molecular weight excluding hydrogens is 300 g/mol. The van der Waals surface area contributed by atoms with Crippen LogP contribution in [0.3, 0.4) is 0 Å². The van der Waals surface area contributed by atoms with Gasteiger partial charge in [-0.05, 0) is 50.5 Å². The fourth-order valence-corrected chi connectivity index (χ4v) is 2.92. The Bertz CT molecular complexity index is 659. The van der Waals surface area contributed by atoms with Gasteiger partial charge in [0.15, 0.2) is 0 Å². The first-order valence-corrected chi connectivity index (χ1v) is 8.30. The molecule has 1 N–H and O–H groups in total. The lowest BCUT2D eigenvalue weighted by Gasteiger charge is -2.32. The van der Waals surface area contributed by atoms with E-state index in [1.54, 1.807) is 7.05 Å². The SMILES string of the molecule is C=CC(=O)N1CCCC(c2cccc(NC(N=C(C)C)=NC)c2)C1. The van der Waals surface area contributed by atoms with Gasteiger partial charge in [0, 0.05) is 37.5 Å². The highest BCUT2D eigenvalue weighted by molar-refractivity contribution is 6.02. The number of carbonyl (C=O) groups is 1. The Morgan fingerprint density at radius 1 is 1.42 bits per heavy atom. The minimum atomic E-state index is 0.0159. The molecule has 1 aliphatic rings. The molecule has 5 heteroatoms. The lowest BCUT2D eigenvalue weighted by molar-refractivity contribution is -0.127. The number of hydrogen-bond acceptors (Lipinski definition) is 2. The van der Waals surface area contributed by atoms with E-state index in [9.17, 15) is 4.79 Å². The van der Waals surface area contributed by atoms with Gasteiger partial charge in [-0.3, -0.25) is 9.79 Å². The Balaban J connectivity index is 2.13. The van der Waals surface area contributed by atoms with Crippen LogP contribution in [0, 0.1) is 0 Å². The van der Waals surface area contributed by atoms with Crippen LogP contribution < -0.4 is 5.32 Å². The predicted molar refractivity (Wildman–Crippen MR) is 101 cm³/mol. The van der Waals surface area contributed by atoms with Crippen molar-refractivity contribution < 1.29 is 4.79 Å². The number of benzene rings is 1. The van der Waals surface area contributed by atoms with Gasteiger partial charge in [-0.25, -0.2) is 4.99 Å². The first-order chi connectivity index (χ1) is 11.5. The van der Waals surface area contributed by atoms with Gasteiger partial charge >= 0.3 is 0 Å². The highest BCUT2D eigenvalue weighted by Gasteiger charge is 2.23. The van der Waals surface area contributed by atoms with Crippen LogP contribution >= 0.6 is 0 Å². The fourth-order valence-electron chi connectivity index (χ4n) is 2.92. The second-order valence-corrected chi connectivity index (χ2v) is 6.18. The lowest BCUT2D eigenvalue weighted by atomic mass is 9.90. The molecule has 1 fully saturated rings. The molecule has 0 aliphatic carbocycles. The first kappa shape index (κ1) is 17.9. The van der Waals surface area contributed by atoms with Crippen molar-refractivity contribution in [2.75, 3.05) is 25.5 Å². The molecule has 0 spiro atoms. The van der Waals surface area contributed by atoms with E-state index in [-0.39, 0.29) is 5.91 Å². The Labute approximate surface area is 144 Å². The average Bonchev–Trinajstić information content (AvgIpc) is 2.60. The van der Waals surface area contributed by atoms with E-state index in [4.69, 9.17) is 0 Å². The zero-order valence-corrected chi connectivity index (χ0v) is 14.7. The molecule has 2 rings (SSSR count). The van der Waals surface area contributed by atoms with Gasteiger partial charge in [0.2, 0.25) is 11.9 Å². The second-order valence-electron chi connectivity index (χ2n) is 6.18. The van der Waals surface area contributed by atoms with Crippen LogP contribution in [0.5, 0.6) is 0 Å². The van der Waals surface area contributed by atoms with Gasteiger partial charge in [0.25, 0.3) is 0 Å². The monoisotopic (exact) mass is 326 g/mol. The summed E-state index contributed by atoms with van der Waals surface area (Å²) in [7, 11) is 1.72. The van der Waals surface area contributed by atoms with Gasteiger partial charge in [0.05, 0.1) is 0 Å². The largest absolute Gasteiger partial charge is 0.339 e.